The SMILES string of the molecule is COc1ccc(C2c3[nH]c4ccc(F)cc4c3CC3C(=O)N(CC(F)(F)F)CC(=O)N32)cc1. The Hall–Kier alpha value is -3.56. The number of aromatic amines is 1. The third-order valence-electron chi connectivity index (χ3n) is 6.20. The lowest BCUT2D eigenvalue weighted by Crippen LogP contribution is -2.64. The van der Waals surface area contributed by atoms with Crippen molar-refractivity contribution in [1.29, 1.82) is 0 Å². The fraction of sp³-hybridized carbons (Fsp3) is 0.304. The first-order chi connectivity index (χ1) is 15.7. The van der Waals surface area contributed by atoms with Gasteiger partial charge < -0.3 is 19.5 Å². The number of amides is 2. The molecule has 1 aromatic heterocycles. The van der Waals surface area contributed by atoms with Crippen LogP contribution in [-0.2, 0) is 16.0 Å². The van der Waals surface area contributed by atoms with Crippen LogP contribution in [0.4, 0.5) is 17.6 Å². The maximum atomic E-state index is 14.0. The minimum Gasteiger partial charge on any atom is -0.497 e. The Morgan fingerprint density at radius 2 is 1.85 bits per heavy atom. The molecule has 0 spiro atoms. The van der Waals surface area contributed by atoms with E-state index < -0.39 is 49.0 Å². The summed E-state index contributed by atoms with van der Waals surface area (Å²) >= 11 is 0. The van der Waals surface area contributed by atoms with Crippen molar-refractivity contribution in [1.82, 2.24) is 14.8 Å². The quantitative estimate of drug-likeness (QED) is 0.607. The minimum atomic E-state index is -4.63. The molecule has 10 heteroatoms. The standard InChI is InChI=1S/C23H19F4N3O3/c1-33-14-5-2-12(3-6-14)21-20-16(15-8-13(24)4-7-17(15)28-20)9-18-22(32)29(11-23(25,26)27)10-19(31)30(18)21/h2-8,18,21,28H,9-11H2,1H3. The molecule has 2 unspecified atom stereocenters. The normalized spacial score (nSPS) is 20.8. The maximum absolute atomic E-state index is 14.0. The lowest BCUT2D eigenvalue weighted by Gasteiger charge is -2.47. The van der Waals surface area contributed by atoms with Crippen molar-refractivity contribution in [2.75, 3.05) is 20.2 Å². The van der Waals surface area contributed by atoms with E-state index in [-0.39, 0.29) is 6.42 Å². The lowest BCUT2D eigenvalue weighted by atomic mass is 9.86. The third-order valence-corrected chi connectivity index (χ3v) is 6.20. The van der Waals surface area contributed by atoms with Crippen molar-refractivity contribution in [2.45, 2.75) is 24.7 Å². The van der Waals surface area contributed by atoms with E-state index in [9.17, 15) is 27.2 Å². The number of rotatable bonds is 3. The molecule has 6 nitrogen and oxygen atoms in total. The second-order valence-electron chi connectivity index (χ2n) is 8.21. The molecule has 2 aliphatic heterocycles. The van der Waals surface area contributed by atoms with Gasteiger partial charge in [0.25, 0.3) is 0 Å². The summed E-state index contributed by atoms with van der Waals surface area (Å²) in [7, 11) is 1.51. The number of aromatic nitrogens is 1. The fourth-order valence-electron chi connectivity index (χ4n) is 4.83. The van der Waals surface area contributed by atoms with Gasteiger partial charge in [-0.15, -0.1) is 0 Å². The largest absolute Gasteiger partial charge is 0.497 e. The molecule has 1 fully saturated rings. The summed E-state index contributed by atoms with van der Waals surface area (Å²) in [5.41, 5.74) is 2.50. The summed E-state index contributed by atoms with van der Waals surface area (Å²) < 4.78 is 58.3. The van der Waals surface area contributed by atoms with Crippen LogP contribution in [0.3, 0.4) is 0 Å². The van der Waals surface area contributed by atoms with Gasteiger partial charge in [0.1, 0.15) is 30.7 Å². The molecule has 172 valence electrons. The summed E-state index contributed by atoms with van der Waals surface area (Å²) in [6.45, 7) is -2.16. The Morgan fingerprint density at radius 1 is 1.12 bits per heavy atom. The second-order valence-corrected chi connectivity index (χ2v) is 8.21. The molecule has 0 aliphatic carbocycles. The predicted molar refractivity (Wildman–Crippen MR) is 110 cm³/mol. The van der Waals surface area contributed by atoms with Crippen molar-refractivity contribution < 1.29 is 31.9 Å². The van der Waals surface area contributed by atoms with Crippen LogP contribution in [0.1, 0.15) is 22.9 Å². The number of carbonyl (C=O) groups excluding carboxylic acids is 2. The number of ether oxygens (including phenoxy) is 1. The lowest BCUT2D eigenvalue weighted by molar-refractivity contribution is -0.176. The fourth-order valence-corrected chi connectivity index (χ4v) is 4.83. The van der Waals surface area contributed by atoms with E-state index in [0.29, 0.717) is 38.4 Å². The molecule has 0 radical (unpaired) electrons. The van der Waals surface area contributed by atoms with Gasteiger partial charge >= 0.3 is 6.18 Å². The smallest absolute Gasteiger partial charge is 0.406 e. The zero-order valence-electron chi connectivity index (χ0n) is 17.4. The topological polar surface area (TPSA) is 65.6 Å². The van der Waals surface area contributed by atoms with Crippen LogP contribution in [0.5, 0.6) is 5.75 Å². The first-order valence-electron chi connectivity index (χ1n) is 10.3. The average Bonchev–Trinajstić information content (AvgIpc) is 3.12. The van der Waals surface area contributed by atoms with Crippen molar-refractivity contribution >= 4 is 22.7 Å². The molecule has 2 amide bonds. The van der Waals surface area contributed by atoms with Gasteiger partial charge in [-0.2, -0.15) is 13.2 Å². The second kappa shape index (κ2) is 7.50. The van der Waals surface area contributed by atoms with Gasteiger partial charge in [0.05, 0.1) is 13.2 Å². The van der Waals surface area contributed by atoms with Crippen LogP contribution in [-0.4, -0.2) is 59.0 Å². The average molecular weight is 461 g/mol. The summed E-state index contributed by atoms with van der Waals surface area (Å²) in [5, 5.41) is 0.538. The Bertz CT molecular complexity index is 1250. The first-order valence-corrected chi connectivity index (χ1v) is 10.3. The number of hydrogen-bond donors (Lipinski definition) is 1. The highest BCUT2D eigenvalue weighted by Gasteiger charge is 2.50. The number of nitrogens with one attached hydrogen (secondary N) is 1. The first kappa shape index (κ1) is 21.3. The van der Waals surface area contributed by atoms with Crippen LogP contribution < -0.4 is 4.74 Å². The number of H-pyrrole nitrogens is 1. The molecular weight excluding hydrogens is 442 g/mol. The van der Waals surface area contributed by atoms with E-state index in [1.807, 2.05) is 0 Å². The van der Waals surface area contributed by atoms with Gasteiger partial charge in [0.15, 0.2) is 0 Å². The van der Waals surface area contributed by atoms with Crippen LogP contribution in [0, 0.1) is 5.82 Å². The van der Waals surface area contributed by atoms with Crippen molar-refractivity contribution in [3.05, 3.63) is 65.1 Å². The number of piperazine rings is 1. The van der Waals surface area contributed by atoms with Gasteiger partial charge in [-0.1, -0.05) is 12.1 Å². The number of halogens is 4. The van der Waals surface area contributed by atoms with Crippen LogP contribution in [0.2, 0.25) is 0 Å². The van der Waals surface area contributed by atoms with E-state index in [2.05, 4.69) is 4.98 Å². The minimum absolute atomic E-state index is 0.00955. The Kier molecular flexibility index (Phi) is 4.84. The van der Waals surface area contributed by atoms with Gasteiger partial charge in [-0.05, 0) is 41.5 Å². The highest BCUT2D eigenvalue weighted by atomic mass is 19.4. The van der Waals surface area contributed by atoms with Crippen LogP contribution >= 0.6 is 0 Å². The third kappa shape index (κ3) is 3.59. The molecule has 33 heavy (non-hydrogen) atoms. The highest BCUT2D eigenvalue weighted by Crippen LogP contribution is 2.43. The van der Waals surface area contributed by atoms with Crippen molar-refractivity contribution in [3.63, 3.8) is 0 Å². The molecule has 2 aromatic carbocycles. The van der Waals surface area contributed by atoms with Crippen LogP contribution in [0.15, 0.2) is 42.5 Å². The van der Waals surface area contributed by atoms with E-state index in [4.69, 9.17) is 4.74 Å². The van der Waals surface area contributed by atoms with E-state index in [1.54, 1.807) is 30.3 Å². The van der Waals surface area contributed by atoms with E-state index >= 15 is 0 Å². The Morgan fingerprint density at radius 3 is 2.52 bits per heavy atom. The maximum Gasteiger partial charge on any atom is 0.406 e. The number of fused-ring (bicyclic) bond motifs is 4. The number of carbonyl (C=O) groups is 2. The van der Waals surface area contributed by atoms with Gasteiger partial charge in [0.2, 0.25) is 11.8 Å². The summed E-state index contributed by atoms with van der Waals surface area (Å²) in [6.07, 6.45) is -4.64. The molecule has 3 aromatic rings. The molecule has 3 heterocycles. The number of methoxy groups -OCH3 is 1. The Labute approximate surface area is 185 Å². The molecule has 2 atom stereocenters. The Balaban J connectivity index is 1.66. The van der Waals surface area contributed by atoms with Gasteiger partial charge in [0, 0.05) is 23.0 Å². The highest BCUT2D eigenvalue weighted by molar-refractivity contribution is 5.97. The molecule has 0 bridgehead atoms. The zero-order valence-corrected chi connectivity index (χ0v) is 17.4. The van der Waals surface area contributed by atoms with E-state index in [1.165, 1.54) is 24.1 Å². The van der Waals surface area contributed by atoms with Crippen molar-refractivity contribution in [2.24, 2.45) is 0 Å². The summed E-state index contributed by atoms with van der Waals surface area (Å²) in [6, 6.07) is 9.19. The zero-order chi connectivity index (χ0) is 23.5. The molecular formula is C23H19F4N3O3. The molecule has 5 rings (SSSR count). The molecule has 2 aliphatic rings. The molecule has 0 saturated carbocycles. The number of nitrogens with zero attached hydrogens (tertiary/aromatic N) is 2. The number of alkyl halides is 3. The summed E-state index contributed by atoms with van der Waals surface area (Å²) in [4.78, 5) is 31.4. The molecule has 1 N–H and O–H groups in total. The van der Waals surface area contributed by atoms with Gasteiger partial charge in [-0.3, -0.25) is 9.59 Å². The predicted octanol–water partition coefficient (Wildman–Crippen LogP) is 3.56. The van der Waals surface area contributed by atoms with E-state index in [0.717, 1.165) is 0 Å². The van der Waals surface area contributed by atoms with Crippen molar-refractivity contribution in [3.8, 4) is 5.75 Å². The molecule has 1 saturated heterocycles. The monoisotopic (exact) mass is 461 g/mol. The van der Waals surface area contributed by atoms with Gasteiger partial charge in [-0.25, -0.2) is 4.39 Å². The number of hydrogen-bond acceptors (Lipinski definition) is 3. The summed E-state index contributed by atoms with van der Waals surface area (Å²) in [5.74, 6) is -1.25. The number of benzene rings is 2. The van der Waals surface area contributed by atoms with Crippen LogP contribution in [0.25, 0.3) is 10.9 Å².